The van der Waals surface area contributed by atoms with E-state index in [9.17, 15) is 10.1 Å². The quantitative estimate of drug-likeness (QED) is 0.502. The predicted octanol–water partition coefficient (Wildman–Crippen LogP) is 1.11. The minimum Gasteiger partial charge on any atom is -0.362 e. The van der Waals surface area contributed by atoms with Crippen molar-refractivity contribution in [3.63, 3.8) is 0 Å². The summed E-state index contributed by atoms with van der Waals surface area (Å²) in [6, 6.07) is 0.599. The summed E-state index contributed by atoms with van der Waals surface area (Å²) in [5.41, 5.74) is 0. The summed E-state index contributed by atoms with van der Waals surface area (Å²) in [4.78, 5) is 13.8. The molecule has 0 N–H and O–H groups in total. The zero-order valence-electron chi connectivity index (χ0n) is 8.72. The Bertz CT molecular complexity index is 230. The van der Waals surface area contributed by atoms with Crippen molar-refractivity contribution in [3.05, 3.63) is 22.5 Å². The Labute approximate surface area is 84.1 Å². The van der Waals surface area contributed by atoms with Gasteiger partial charge in [-0.2, -0.15) is 0 Å². The highest BCUT2D eigenvalue weighted by molar-refractivity contribution is 4.78. The van der Waals surface area contributed by atoms with E-state index in [-0.39, 0.29) is 0 Å². The van der Waals surface area contributed by atoms with Crippen molar-refractivity contribution in [1.29, 1.82) is 0 Å². The van der Waals surface area contributed by atoms with Crippen LogP contribution in [0.1, 0.15) is 19.8 Å². The molecular weight excluding hydrogens is 182 g/mol. The number of likely N-dealkylation sites (tertiary alicyclic amines) is 1. The Morgan fingerprint density at radius 1 is 1.71 bits per heavy atom. The second-order valence-electron chi connectivity index (χ2n) is 3.79. The maximum Gasteiger partial charge on any atom is 0.250 e. The van der Waals surface area contributed by atoms with Crippen LogP contribution in [0, 0.1) is 10.1 Å². The molecule has 0 aromatic rings. The van der Waals surface area contributed by atoms with Crippen LogP contribution in [-0.2, 0) is 0 Å². The first-order valence-corrected chi connectivity index (χ1v) is 4.85. The van der Waals surface area contributed by atoms with Crippen molar-refractivity contribution in [3.8, 4) is 0 Å². The SMILES string of the molecule is CC1CCCN1CN(C)/C=C/[N+](=O)[O-]. The van der Waals surface area contributed by atoms with Crippen LogP contribution in [0.4, 0.5) is 0 Å². The third-order valence-electron chi connectivity index (χ3n) is 2.54. The number of hydrogen-bond donors (Lipinski definition) is 0. The summed E-state index contributed by atoms with van der Waals surface area (Å²) in [6.07, 6.45) is 4.94. The molecule has 5 nitrogen and oxygen atoms in total. The molecule has 0 aromatic carbocycles. The molecule has 5 heteroatoms. The summed E-state index contributed by atoms with van der Waals surface area (Å²) < 4.78 is 0. The Balaban J connectivity index is 2.32. The Morgan fingerprint density at radius 3 is 2.93 bits per heavy atom. The van der Waals surface area contributed by atoms with Gasteiger partial charge < -0.3 is 4.90 Å². The monoisotopic (exact) mass is 199 g/mol. The first-order chi connectivity index (χ1) is 6.59. The minimum absolute atomic E-state index is 0.441. The molecule has 0 spiro atoms. The Kier molecular flexibility index (Phi) is 3.88. The summed E-state index contributed by atoms with van der Waals surface area (Å²) in [5.74, 6) is 0. The van der Waals surface area contributed by atoms with Gasteiger partial charge in [-0.25, -0.2) is 0 Å². The van der Waals surface area contributed by atoms with Crippen LogP contribution in [0.2, 0.25) is 0 Å². The van der Waals surface area contributed by atoms with Crippen molar-refractivity contribution in [2.45, 2.75) is 25.8 Å². The van der Waals surface area contributed by atoms with Crippen LogP contribution in [0.3, 0.4) is 0 Å². The summed E-state index contributed by atoms with van der Waals surface area (Å²) in [5, 5.41) is 10.1. The van der Waals surface area contributed by atoms with Crippen LogP contribution in [0.15, 0.2) is 12.4 Å². The fourth-order valence-electron chi connectivity index (χ4n) is 1.70. The van der Waals surface area contributed by atoms with Gasteiger partial charge in [0.15, 0.2) is 0 Å². The normalized spacial score (nSPS) is 23.1. The van der Waals surface area contributed by atoms with Gasteiger partial charge in [-0.3, -0.25) is 15.0 Å². The summed E-state index contributed by atoms with van der Waals surface area (Å²) in [6.45, 7) is 4.06. The van der Waals surface area contributed by atoms with E-state index in [0.29, 0.717) is 6.04 Å². The van der Waals surface area contributed by atoms with Crippen LogP contribution >= 0.6 is 0 Å². The smallest absolute Gasteiger partial charge is 0.250 e. The van der Waals surface area contributed by atoms with Crippen molar-refractivity contribution in [2.24, 2.45) is 0 Å². The topological polar surface area (TPSA) is 49.6 Å². The first-order valence-electron chi connectivity index (χ1n) is 4.85. The van der Waals surface area contributed by atoms with E-state index < -0.39 is 4.92 Å². The minimum atomic E-state index is -0.441. The molecule has 1 rings (SSSR count). The van der Waals surface area contributed by atoms with Gasteiger partial charge in [0.25, 0.3) is 0 Å². The lowest BCUT2D eigenvalue weighted by Crippen LogP contribution is -2.35. The maximum absolute atomic E-state index is 10.1. The third-order valence-corrected chi connectivity index (χ3v) is 2.54. The number of nitro groups is 1. The molecule has 0 saturated carbocycles. The first kappa shape index (κ1) is 11.0. The molecular formula is C9H17N3O2. The number of nitrogens with zero attached hydrogens (tertiary/aromatic N) is 3. The van der Waals surface area contributed by atoms with Gasteiger partial charge >= 0.3 is 0 Å². The molecule has 0 amide bonds. The molecule has 14 heavy (non-hydrogen) atoms. The lowest BCUT2D eigenvalue weighted by Gasteiger charge is -2.25. The molecule has 80 valence electrons. The van der Waals surface area contributed by atoms with Crippen molar-refractivity contribution < 1.29 is 4.92 Å². The standard InChI is InChI=1S/C9H17N3O2/c1-9-4-3-5-11(9)8-10(2)6-7-12(13)14/h6-7,9H,3-5,8H2,1-2H3/b7-6+. The summed E-state index contributed by atoms with van der Waals surface area (Å²) in [7, 11) is 1.85. The highest BCUT2D eigenvalue weighted by Gasteiger charge is 2.20. The lowest BCUT2D eigenvalue weighted by molar-refractivity contribution is -0.403. The van der Waals surface area contributed by atoms with Crippen molar-refractivity contribution >= 4 is 0 Å². The fraction of sp³-hybridized carbons (Fsp3) is 0.778. The van der Waals surface area contributed by atoms with Gasteiger partial charge in [0, 0.05) is 19.6 Å². The second-order valence-corrected chi connectivity index (χ2v) is 3.79. The van der Waals surface area contributed by atoms with Crippen LogP contribution in [0.5, 0.6) is 0 Å². The van der Waals surface area contributed by atoms with Gasteiger partial charge in [0.1, 0.15) is 0 Å². The van der Waals surface area contributed by atoms with E-state index in [1.54, 1.807) is 0 Å². The second kappa shape index (κ2) is 4.95. The molecule has 1 aliphatic heterocycles. The number of hydrogen-bond acceptors (Lipinski definition) is 4. The molecule has 0 bridgehead atoms. The lowest BCUT2D eigenvalue weighted by atomic mass is 10.2. The van der Waals surface area contributed by atoms with E-state index in [1.807, 2.05) is 11.9 Å². The van der Waals surface area contributed by atoms with Crippen LogP contribution in [-0.4, -0.2) is 41.0 Å². The molecule has 1 fully saturated rings. The van der Waals surface area contributed by atoms with E-state index in [2.05, 4.69) is 11.8 Å². The fourth-order valence-corrected chi connectivity index (χ4v) is 1.70. The molecule has 1 heterocycles. The van der Waals surface area contributed by atoms with Gasteiger partial charge in [-0.05, 0) is 19.8 Å². The highest BCUT2D eigenvalue weighted by Crippen LogP contribution is 2.15. The molecule has 1 atom stereocenters. The van der Waals surface area contributed by atoms with Gasteiger partial charge in [-0.1, -0.05) is 0 Å². The maximum atomic E-state index is 10.1. The van der Waals surface area contributed by atoms with E-state index in [1.165, 1.54) is 19.0 Å². The third kappa shape index (κ3) is 3.33. The predicted molar refractivity (Wildman–Crippen MR) is 54.2 cm³/mol. The number of rotatable bonds is 4. The average Bonchev–Trinajstić information content (AvgIpc) is 2.49. The summed E-state index contributed by atoms with van der Waals surface area (Å²) >= 11 is 0. The van der Waals surface area contributed by atoms with Crippen molar-refractivity contribution in [2.75, 3.05) is 20.3 Å². The molecule has 0 radical (unpaired) electrons. The molecule has 0 aliphatic carbocycles. The Morgan fingerprint density at radius 2 is 2.43 bits per heavy atom. The van der Waals surface area contributed by atoms with Gasteiger partial charge in [0.05, 0.1) is 17.8 Å². The molecule has 1 saturated heterocycles. The van der Waals surface area contributed by atoms with Crippen molar-refractivity contribution in [1.82, 2.24) is 9.80 Å². The average molecular weight is 199 g/mol. The molecule has 1 unspecified atom stereocenters. The van der Waals surface area contributed by atoms with Gasteiger partial charge in [0.2, 0.25) is 6.20 Å². The van der Waals surface area contributed by atoms with E-state index >= 15 is 0 Å². The van der Waals surface area contributed by atoms with Crippen LogP contribution < -0.4 is 0 Å². The molecule has 0 aromatic heterocycles. The van der Waals surface area contributed by atoms with Gasteiger partial charge in [-0.15, -0.1) is 0 Å². The Hall–Kier alpha value is -1.10. The zero-order chi connectivity index (χ0) is 10.6. The van der Waals surface area contributed by atoms with E-state index in [0.717, 1.165) is 19.4 Å². The molecule has 1 aliphatic rings. The zero-order valence-corrected chi connectivity index (χ0v) is 8.72. The largest absolute Gasteiger partial charge is 0.362 e. The van der Waals surface area contributed by atoms with E-state index in [4.69, 9.17) is 0 Å². The van der Waals surface area contributed by atoms with Crippen LogP contribution in [0.25, 0.3) is 0 Å². The highest BCUT2D eigenvalue weighted by atomic mass is 16.6.